The van der Waals surface area contributed by atoms with Crippen LogP contribution in [0.2, 0.25) is 0 Å². The van der Waals surface area contributed by atoms with Crippen LogP contribution in [0, 0.1) is 12.8 Å². The Morgan fingerprint density at radius 1 is 1.22 bits per heavy atom. The number of aryl methyl sites for hydroxylation is 1. The van der Waals surface area contributed by atoms with Crippen molar-refractivity contribution >= 4 is 22.8 Å². The minimum absolute atomic E-state index is 0.142. The van der Waals surface area contributed by atoms with E-state index in [-0.39, 0.29) is 29.4 Å². The van der Waals surface area contributed by atoms with Crippen molar-refractivity contribution in [2.75, 3.05) is 13.7 Å². The van der Waals surface area contributed by atoms with Gasteiger partial charge in [0.15, 0.2) is 6.10 Å². The summed E-state index contributed by atoms with van der Waals surface area (Å²) >= 11 is 0. The zero-order valence-electron chi connectivity index (χ0n) is 20.9. The summed E-state index contributed by atoms with van der Waals surface area (Å²) in [7, 11) is 1.38. The Hall–Kier alpha value is -3.79. The van der Waals surface area contributed by atoms with Crippen LogP contribution in [0.25, 0.3) is 11.0 Å². The van der Waals surface area contributed by atoms with Crippen molar-refractivity contribution in [1.29, 1.82) is 0 Å². The highest BCUT2D eigenvalue weighted by Crippen LogP contribution is 2.42. The van der Waals surface area contributed by atoms with Crippen molar-refractivity contribution in [3.8, 4) is 11.5 Å². The van der Waals surface area contributed by atoms with E-state index in [9.17, 15) is 9.59 Å². The Kier molecular flexibility index (Phi) is 6.81. The number of hydrogen-bond donors (Lipinski definition) is 0. The van der Waals surface area contributed by atoms with Crippen LogP contribution in [0.5, 0.6) is 11.5 Å². The summed E-state index contributed by atoms with van der Waals surface area (Å²) in [6, 6.07) is 3.40. The van der Waals surface area contributed by atoms with E-state index in [0.717, 1.165) is 0 Å². The lowest BCUT2D eigenvalue weighted by Crippen LogP contribution is -2.58. The lowest BCUT2D eigenvalue weighted by molar-refractivity contribution is -0.249. The van der Waals surface area contributed by atoms with E-state index in [1.54, 1.807) is 38.1 Å². The predicted octanol–water partition coefficient (Wildman–Crippen LogP) is 4.26. The van der Waals surface area contributed by atoms with Crippen molar-refractivity contribution in [3.05, 3.63) is 59.0 Å². The highest BCUT2D eigenvalue weighted by atomic mass is 16.8. The van der Waals surface area contributed by atoms with Crippen LogP contribution < -0.4 is 15.1 Å². The van der Waals surface area contributed by atoms with Crippen LogP contribution in [0.4, 0.5) is 4.79 Å². The molecule has 2 aliphatic heterocycles. The standard InChI is InChI=1S/C26H29NO9/c1-8-12-31-21-16-10-11-17(13(3)19(16)33-23(28)18(21)15(5)27-30-7)32-24-22-20(34-25(29)35-22)14(4)26(6,9-2)36-24/h8-11,14,20,22,24H,1-2,12H2,3-7H3/b27-15+/t14?,20?,22?,24?,26-/m0/s1. The summed E-state index contributed by atoms with van der Waals surface area (Å²) in [6.45, 7) is 14.8. The molecule has 0 bridgehead atoms. The third kappa shape index (κ3) is 4.21. The van der Waals surface area contributed by atoms with Crippen molar-refractivity contribution in [2.24, 2.45) is 11.1 Å². The van der Waals surface area contributed by atoms with Crippen LogP contribution in [-0.4, -0.2) is 49.7 Å². The summed E-state index contributed by atoms with van der Waals surface area (Å²) < 4.78 is 34.7. The number of rotatable bonds is 8. The Balaban J connectivity index is 1.79. The van der Waals surface area contributed by atoms with Crippen LogP contribution in [-0.2, 0) is 19.0 Å². The fraction of sp³-hybridized carbons (Fsp3) is 0.423. The number of fused-ring (bicyclic) bond motifs is 2. The summed E-state index contributed by atoms with van der Waals surface area (Å²) in [5.41, 5.74) is -0.269. The first-order valence-corrected chi connectivity index (χ1v) is 11.4. The zero-order chi connectivity index (χ0) is 26.2. The Bertz CT molecular complexity index is 1300. The monoisotopic (exact) mass is 499 g/mol. The second-order valence-corrected chi connectivity index (χ2v) is 8.81. The molecule has 4 rings (SSSR count). The largest absolute Gasteiger partial charge is 0.509 e. The molecule has 10 nitrogen and oxygen atoms in total. The summed E-state index contributed by atoms with van der Waals surface area (Å²) in [4.78, 5) is 29.7. The number of nitrogens with zero attached hydrogens (tertiary/aromatic N) is 1. The number of carbonyl (C=O) groups is 1. The molecule has 2 fully saturated rings. The van der Waals surface area contributed by atoms with E-state index in [1.165, 1.54) is 7.11 Å². The molecule has 0 saturated carbocycles. The average molecular weight is 500 g/mol. The van der Waals surface area contributed by atoms with Gasteiger partial charge in [-0.15, -0.1) is 6.58 Å². The fourth-order valence-electron chi connectivity index (χ4n) is 4.45. The van der Waals surface area contributed by atoms with Gasteiger partial charge in [0.25, 0.3) is 0 Å². The second kappa shape index (κ2) is 9.69. The molecule has 2 aromatic rings. The lowest BCUT2D eigenvalue weighted by Gasteiger charge is -2.45. The minimum Gasteiger partial charge on any atom is -0.488 e. The quantitative estimate of drug-likeness (QED) is 0.173. The minimum atomic E-state index is -0.990. The topological polar surface area (TPSA) is 115 Å². The third-order valence-electron chi connectivity index (χ3n) is 6.63. The van der Waals surface area contributed by atoms with Crippen molar-refractivity contribution in [3.63, 3.8) is 0 Å². The molecule has 5 atom stereocenters. The van der Waals surface area contributed by atoms with E-state index < -0.39 is 35.9 Å². The third-order valence-corrected chi connectivity index (χ3v) is 6.63. The molecule has 0 spiro atoms. The van der Waals surface area contributed by atoms with Gasteiger partial charge in [-0.2, -0.15) is 0 Å². The summed E-state index contributed by atoms with van der Waals surface area (Å²) in [5, 5.41) is 4.39. The maximum Gasteiger partial charge on any atom is 0.509 e. The molecular formula is C26H29NO9. The molecular weight excluding hydrogens is 470 g/mol. The van der Waals surface area contributed by atoms with Crippen LogP contribution in [0.3, 0.4) is 0 Å². The van der Waals surface area contributed by atoms with Gasteiger partial charge in [0.05, 0.1) is 16.7 Å². The molecule has 2 aliphatic rings. The zero-order valence-corrected chi connectivity index (χ0v) is 20.9. The molecule has 36 heavy (non-hydrogen) atoms. The van der Waals surface area contributed by atoms with Crippen LogP contribution in [0.1, 0.15) is 31.9 Å². The van der Waals surface area contributed by atoms with E-state index in [4.69, 9.17) is 32.9 Å². The van der Waals surface area contributed by atoms with Gasteiger partial charge in [0.1, 0.15) is 36.4 Å². The number of benzene rings is 1. The van der Waals surface area contributed by atoms with E-state index in [1.807, 2.05) is 13.8 Å². The molecule has 0 N–H and O–H groups in total. The Morgan fingerprint density at radius 2 is 1.94 bits per heavy atom. The first-order valence-electron chi connectivity index (χ1n) is 11.4. The number of oxime groups is 1. The van der Waals surface area contributed by atoms with E-state index in [2.05, 4.69) is 18.3 Å². The van der Waals surface area contributed by atoms with Crippen molar-refractivity contribution in [2.45, 2.75) is 51.8 Å². The van der Waals surface area contributed by atoms with Gasteiger partial charge >= 0.3 is 11.8 Å². The molecule has 0 radical (unpaired) electrons. The van der Waals surface area contributed by atoms with Crippen molar-refractivity contribution < 1.29 is 37.7 Å². The molecule has 0 aliphatic carbocycles. The van der Waals surface area contributed by atoms with Gasteiger partial charge in [0.2, 0.25) is 12.4 Å². The predicted molar refractivity (Wildman–Crippen MR) is 131 cm³/mol. The number of ether oxygens (including phenoxy) is 5. The molecule has 4 unspecified atom stereocenters. The maximum absolute atomic E-state index is 13.0. The first kappa shape index (κ1) is 25.3. The molecule has 1 aromatic carbocycles. The summed E-state index contributed by atoms with van der Waals surface area (Å²) in [5.74, 6) is 0.430. The highest BCUT2D eigenvalue weighted by Gasteiger charge is 2.57. The maximum atomic E-state index is 13.0. The van der Waals surface area contributed by atoms with Gasteiger partial charge in [-0.1, -0.05) is 30.8 Å². The van der Waals surface area contributed by atoms with Gasteiger partial charge in [-0.3, -0.25) is 0 Å². The van der Waals surface area contributed by atoms with E-state index in [0.29, 0.717) is 22.4 Å². The molecule has 10 heteroatoms. The first-order chi connectivity index (χ1) is 17.1. The SMILES string of the molecule is C=CCOc1c(/C(C)=N/OC)c(=O)oc2c(C)c(OC3O[C@@](C)(C=C)C(C)C4OC(=O)OC34)ccc12. The van der Waals surface area contributed by atoms with Gasteiger partial charge in [-0.05, 0) is 32.9 Å². The van der Waals surface area contributed by atoms with Crippen LogP contribution >= 0.6 is 0 Å². The van der Waals surface area contributed by atoms with Gasteiger partial charge < -0.3 is 32.9 Å². The smallest absolute Gasteiger partial charge is 0.488 e. The fourth-order valence-corrected chi connectivity index (χ4v) is 4.45. The molecule has 0 amide bonds. The summed E-state index contributed by atoms with van der Waals surface area (Å²) in [6.07, 6.45) is 0.0733. The van der Waals surface area contributed by atoms with Crippen molar-refractivity contribution in [1.82, 2.24) is 0 Å². The number of carbonyl (C=O) groups excluding carboxylic acids is 1. The Labute approximate surface area is 208 Å². The Morgan fingerprint density at radius 3 is 2.61 bits per heavy atom. The lowest BCUT2D eigenvalue weighted by atomic mass is 9.81. The molecule has 192 valence electrons. The normalized spacial score (nSPS) is 27.6. The van der Waals surface area contributed by atoms with E-state index >= 15 is 0 Å². The van der Waals surface area contributed by atoms with Gasteiger partial charge in [-0.25, -0.2) is 9.59 Å². The molecule has 1 aromatic heterocycles. The average Bonchev–Trinajstić information content (AvgIpc) is 3.24. The molecule has 2 saturated heterocycles. The molecule has 3 heterocycles. The highest BCUT2D eigenvalue weighted by molar-refractivity contribution is 6.05. The van der Waals surface area contributed by atoms with Gasteiger partial charge in [0, 0.05) is 11.5 Å². The number of hydrogen-bond acceptors (Lipinski definition) is 10. The van der Waals surface area contributed by atoms with Crippen LogP contribution in [0.15, 0.2) is 51.8 Å². The second-order valence-electron chi connectivity index (χ2n) is 8.81.